The summed E-state index contributed by atoms with van der Waals surface area (Å²) in [5, 5.41) is 33.1. The van der Waals surface area contributed by atoms with E-state index in [1.165, 1.54) is 5.57 Å². The second-order valence-electron chi connectivity index (χ2n) is 15.9. The molecule has 1 aromatic heterocycles. The number of allylic oxidation sites excluding steroid dienone is 4. The molecule has 0 spiro atoms. The molecule has 7 atom stereocenters. The van der Waals surface area contributed by atoms with Gasteiger partial charge in [-0.05, 0) is 107 Å². The van der Waals surface area contributed by atoms with Crippen LogP contribution in [0.2, 0.25) is 0 Å². The van der Waals surface area contributed by atoms with Crippen LogP contribution in [0.4, 0.5) is 0 Å². The van der Waals surface area contributed by atoms with E-state index in [0.29, 0.717) is 12.0 Å². The number of aliphatic hydroxyl groups is 1. The van der Waals surface area contributed by atoms with Crippen molar-refractivity contribution in [2.75, 3.05) is 0 Å². The normalized spacial score (nSPS) is 44.3. The largest absolute Gasteiger partial charge is 0.511 e. The van der Waals surface area contributed by atoms with Crippen LogP contribution >= 0.6 is 0 Å². The van der Waals surface area contributed by atoms with E-state index in [4.69, 9.17) is 0 Å². The molecule has 1 N–H and O–H groups in total. The molecule has 0 bridgehead atoms. The van der Waals surface area contributed by atoms with Crippen LogP contribution in [-0.2, 0) is 11.3 Å². The maximum atomic E-state index is 14.6. The fourth-order valence-electron chi connectivity index (χ4n) is 10.9. The average Bonchev–Trinajstić information content (AvgIpc) is 3.36. The highest BCUT2D eigenvalue weighted by atomic mass is 16.3. The van der Waals surface area contributed by atoms with Gasteiger partial charge >= 0.3 is 0 Å². The molecular formula is C32H45N5O2. The summed E-state index contributed by atoms with van der Waals surface area (Å²) < 4.78 is 1.89. The molecule has 0 radical (unpaired) electrons. The van der Waals surface area contributed by atoms with Gasteiger partial charge in [-0.1, -0.05) is 54.0 Å². The van der Waals surface area contributed by atoms with E-state index in [1.54, 1.807) is 6.33 Å². The number of hydrogen-bond acceptors (Lipinski definition) is 6. The summed E-state index contributed by atoms with van der Waals surface area (Å²) >= 11 is 0. The molecule has 6 rings (SSSR count). The predicted molar refractivity (Wildman–Crippen MR) is 148 cm³/mol. The summed E-state index contributed by atoms with van der Waals surface area (Å²) in [5.74, 6) is 0.957. The van der Waals surface area contributed by atoms with Gasteiger partial charge in [0.2, 0.25) is 0 Å². The van der Waals surface area contributed by atoms with E-state index in [1.807, 2.05) is 10.8 Å². The number of aromatic nitrogens is 4. The van der Waals surface area contributed by atoms with Crippen molar-refractivity contribution < 1.29 is 9.90 Å². The molecule has 3 saturated carbocycles. The SMILES string of the molecule is CC1(C)CC[C@]2(Cn3cnnn3)CC[C@]3(C)[C@H](C(=O)C=C4[C@@]5(C)CC(C#N)=C(O)C(C)(C)[C@@H]5CC[C@]43C)[C@@H]2C1. The third-order valence-corrected chi connectivity index (χ3v) is 13.2. The van der Waals surface area contributed by atoms with Crippen LogP contribution in [0.1, 0.15) is 99.8 Å². The van der Waals surface area contributed by atoms with E-state index >= 15 is 0 Å². The number of nitriles is 1. The van der Waals surface area contributed by atoms with Crippen molar-refractivity contribution in [3.05, 3.63) is 29.3 Å². The number of ketones is 1. The Morgan fingerprint density at radius 1 is 1.08 bits per heavy atom. The van der Waals surface area contributed by atoms with E-state index in [0.717, 1.165) is 51.5 Å². The van der Waals surface area contributed by atoms with Gasteiger partial charge in [0.25, 0.3) is 0 Å². The van der Waals surface area contributed by atoms with E-state index in [9.17, 15) is 15.2 Å². The van der Waals surface area contributed by atoms with E-state index < -0.39 is 5.41 Å². The molecule has 7 nitrogen and oxygen atoms in total. The lowest BCUT2D eigenvalue weighted by Crippen LogP contribution is -2.65. The van der Waals surface area contributed by atoms with Crippen LogP contribution in [0.25, 0.3) is 0 Å². The molecule has 1 aromatic rings. The molecule has 39 heavy (non-hydrogen) atoms. The Hall–Kier alpha value is -2.49. The Morgan fingerprint density at radius 3 is 2.46 bits per heavy atom. The van der Waals surface area contributed by atoms with Crippen LogP contribution in [0.3, 0.4) is 0 Å². The van der Waals surface area contributed by atoms with E-state index in [2.05, 4.69) is 70.1 Å². The second kappa shape index (κ2) is 8.04. The molecule has 0 aliphatic heterocycles. The maximum absolute atomic E-state index is 14.6. The molecule has 0 amide bonds. The first-order valence-electron chi connectivity index (χ1n) is 14.9. The van der Waals surface area contributed by atoms with Crippen molar-refractivity contribution in [3.8, 4) is 6.07 Å². The van der Waals surface area contributed by atoms with Gasteiger partial charge in [0.05, 0.1) is 18.2 Å². The highest BCUT2D eigenvalue weighted by Gasteiger charge is 2.69. The number of rotatable bonds is 2. The van der Waals surface area contributed by atoms with Crippen molar-refractivity contribution in [1.29, 1.82) is 5.26 Å². The number of tetrazole rings is 1. The third kappa shape index (κ3) is 3.39. The minimum absolute atomic E-state index is 0.0167. The minimum Gasteiger partial charge on any atom is -0.511 e. The molecule has 7 heteroatoms. The molecule has 0 aromatic carbocycles. The number of carbonyl (C=O) groups is 1. The Morgan fingerprint density at radius 2 is 1.79 bits per heavy atom. The monoisotopic (exact) mass is 531 g/mol. The smallest absolute Gasteiger partial charge is 0.159 e. The topological polar surface area (TPSA) is 105 Å². The number of hydrogen-bond donors (Lipinski definition) is 1. The van der Waals surface area contributed by atoms with Gasteiger partial charge in [0.1, 0.15) is 12.1 Å². The Bertz CT molecular complexity index is 1320. The Labute approximate surface area is 233 Å². The lowest BCUT2D eigenvalue weighted by atomic mass is 9.34. The summed E-state index contributed by atoms with van der Waals surface area (Å²) in [7, 11) is 0. The van der Waals surface area contributed by atoms with Crippen LogP contribution in [0.5, 0.6) is 0 Å². The van der Waals surface area contributed by atoms with Gasteiger partial charge < -0.3 is 5.11 Å². The third-order valence-electron chi connectivity index (χ3n) is 13.2. The quantitative estimate of drug-likeness (QED) is 0.461. The minimum atomic E-state index is -0.498. The fraction of sp³-hybridized carbons (Fsp3) is 0.781. The highest BCUT2D eigenvalue weighted by molar-refractivity contribution is 5.95. The van der Waals surface area contributed by atoms with E-state index in [-0.39, 0.29) is 56.4 Å². The molecule has 5 aliphatic rings. The highest BCUT2D eigenvalue weighted by Crippen LogP contribution is 2.75. The van der Waals surface area contributed by atoms with Crippen LogP contribution in [0, 0.1) is 61.6 Å². The van der Waals surface area contributed by atoms with Gasteiger partial charge in [-0.25, -0.2) is 4.68 Å². The second-order valence-corrected chi connectivity index (χ2v) is 15.9. The summed E-state index contributed by atoms with van der Waals surface area (Å²) in [5.41, 5.74) is 0.815. The zero-order valence-corrected chi connectivity index (χ0v) is 24.8. The van der Waals surface area contributed by atoms with Gasteiger partial charge in [0.15, 0.2) is 5.78 Å². The molecule has 3 fully saturated rings. The van der Waals surface area contributed by atoms with Crippen molar-refractivity contribution in [2.24, 2.45) is 50.2 Å². The molecule has 5 aliphatic carbocycles. The first-order valence-corrected chi connectivity index (χ1v) is 14.9. The zero-order chi connectivity index (χ0) is 28.2. The Balaban J connectivity index is 1.49. The Kier molecular flexibility index (Phi) is 5.51. The molecule has 1 heterocycles. The summed E-state index contributed by atoms with van der Waals surface area (Å²) in [4.78, 5) is 14.6. The lowest BCUT2D eigenvalue weighted by molar-refractivity contribution is -0.175. The molecule has 0 unspecified atom stereocenters. The fourth-order valence-corrected chi connectivity index (χ4v) is 10.9. The molecule has 0 saturated heterocycles. The van der Waals surface area contributed by atoms with Crippen molar-refractivity contribution in [1.82, 2.24) is 20.2 Å². The molecule has 210 valence electrons. The van der Waals surface area contributed by atoms with Crippen LogP contribution in [0.15, 0.2) is 29.3 Å². The molecular weight excluding hydrogens is 486 g/mol. The first kappa shape index (κ1) is 26.7. The number of nitrogens with zero attached hydrogens (tertiary/aromatic N) is 5. The van der Waals surface area contributed by atoms with Gasteiger partial charge in [0, 0.05) is 11.3 Å². The summed E-state index contributed by atoms with van der Waals surface area (Å²) in [6.07, 6.45) is 11.7. The number of fused-ring (bicyclic) bond motifs is 7. The van der Waals surface area contributed by atoms with Gasteiger partial charge in [-0.15, -0.1) is 5.10 Å². The average molecular weight is 532 g/mol. The maximum Gasteiger partial charge on any atom is 0.159 e. The number of aliphatic hydroxyl groups excluding tert-OH is 1. The lowest BCUT2D eigenvalue weighted by Gasteiger charge is -2.69. The van der Waals surface area contributed by atoms with Gasteiger partial charge in [-0.2, -0.15) is 5.26 Å². The predicted octanol–water partition coefficient (Wildman–Crippen LogP) is 6.60. The van der Waals surface area contributed by atoms with Crippen molar-refractivity contribution in [3.63, 3.8) is 0 Å². The van der Waals surface area contributed by atoms with Crippen molar-refractivity contribution in [2.45, 2.75) is 106 Å². The van der Waals surface area contributed by atoms with Crippen LogP contribution < -0.4 is 0 Å². The summed E-state index contributed by atoms with van der Waals surface area (Å²) in [6, 6.07) is 2.32. The van der Waals surface area contributed by atoms with Crippen molar-refractivity contribution >= 4 is 5.78 Å². The summed E-state index contributed by atoms with van der Waals surface area (Å²) in [6.45, 7) is 16.8. The standard InChI is InChI=1S/C32H45N5O2/c1-27(2)10-12-32(18-37-19-34-35-36-37)13-11-31(7)25(21(32)16-27)22(38)14-24-29(5)15-20(17-33)26(39)28(3,4)23(29)8-9-30(24,31)6/h14,19,21,23,25,39H,8-13,15-16,18H2,1-7H3/t21-,23-,25-,29-,30+,31+,32+/m0/s1. The first-order chi connectivity index (χ1) is 18.1. The zero-order valence-electron chi connectivity index (χ0n) is 24.8. The number of carbonyl (C=O) groups excluding carboxylic acids is 1. The van der Waals surface area contributed by atoms with Crippen LogP contribution in [-0.4, -0.2) is 31.1 Å². The van der Waals surface area contributed by atoms with Gasteiger partial charge in [-0.3, -0.25) is 4.79 Å².